The molecule has 28 heavy (non-hydrogen) atoms. The number of allylic oxidation sites excluding steroid dienone is 1. The topological polar surface area (TPSA) is 65.0 Å². The molecule has 0 aliphatic carbocycles. The van der Waals surface area contributed by atoms with Crippen LogP contribution in [0.15, 0.2) is 72.5 Å². The molecule has 5 heteroatoms. The van der Waals surface area contributed by atoms with Crippen molar-refractivity contribution < 1.29 is 24.1 Å². The van der Waals surface area contributed by atoms with Gasteiger partial charge < -0.3 is 19.3 Å². The Morgan fingerprint density at radius 3 is 2.61 bits per heavy atom. The van der Waals surface area contributed by atoms with Crippen molar-refractivity contribution in [2.45, 2.75) is 6.61 Å². The first-order valence-electron chi connectivity index (χ1n) is 8.76. The number of rotatable bonds is 5. The number of hydrogen-bond donors (Lipinski definition) is 1. The molecular formula is C23H18O5. The summed E-state index contributed by atoms with van der Waals surface area (Å²) < 4.78 is 16.9. The Kier molecular flexibility index (Phi) is 4.72. The largest absolute Gasteiger partial charge is 0.508 e. The van der Waals surface area contributed by atoms with E-state index in [9.17, 15) is 9.90 Å². The number of phenols is 1. The second kappa shape index (κ2) is 7.48. The van der Waals surface area contributed by atoms with Crippen LogP contribution in [-0.2, 0) is 6.61 Å². The molecule has 1 heterocycles. The number of carbonyl (C=O) groups is 1. The molecule has 0 unspecified atom stereocenters. The minimum Gasteiger partial charge on any atom is -0.508 e. The van der Waals surface area contributed by atoms with Gasteiger partial charge in [-0.3, -0.25) is 4.79 Å². The highest BCUT2D eigenvalue weighted by Gasteiger charge is 2.27. The Bertz CT molecular complexity index is 1050. The summed E-state index contributed by atoms with van der Waals surface area (Å²) in [5.41, 5.74) is 2.23. The molecule has 0 amide bonds. The average Bonchev–Trinajstić information content (AvgIpc) is 3.02. The number of hydrogen-bond acceptors (Lipinski definition) is 5. The van der Waals surface area contributed by atoms with Gasteiger partial charge in [0.05, 0.1) is 12.7 Å². The Morgan fingerprint density at radius 1 is 1.00 bits per heavy atom. The predicted octanol–water partition coefficient (Wildman–Crippen LogP) is 4.60. The monoisotopic (exact) mass is 374 g/mol. The van der Waals surface area contributed by atoms with E-state index in [2.05, 4.69) is 0 Å². The van der Waals surface area contributed by atoms with E-state index in [1.54, 1.807) is 31.4 Å². The van der Waals surface area contributed by atoms with Crippen molar-refractivity contribution in [3.8, 4) is 23.0 Å². The van der Waals surface area contributed by atoms with Crippen molar-refractivity contribution in [2.24, 2.45) is 0 Å². The van der Waals surface area contributed by atoms with Gasteiger partial charge in [-0.05, 0) is 41.5 Å². The second-order valence-electron chi connectivity index (χ2n) is 6.30. The number of aromatic hydroxyl groups is 1. The maximum absolute atomic E-state index is 12.5. The average molecular weight is 374 g/mol. The molecule has 0 saturated carbocycles. The summed E-state index contributed by atoms with van der Waals surface area (Å²) in [6.45, 7) is 0.429. The zero-order valence-electron chi connectivity index (χ0n) is 15.2. The fraction of sp³-hybridized carbons (Fsp3) is 0.0870. The van der Waals surface area contributed by atoms with Crippen LogP contribution in [0.2, 0.25) is 0 Å². The molecule has 1 N–H and O–H groups in total. The lowest BCUT2D eigenvalue weighted by Crippen LogP contribution is -1.99. The minimum atomic E-state index is -0.224. The van der Waals surface area contributed by atoms with Crippen LogP contribution < -0.4 is 14.2 Å². The van der Waals surface area contributed by atoms with E-state index in [4.69, 9.17) is 14.2 Å². The van der Waals surface area contributed by atoms with Crippen LogP contribution >= 0.6 is 0 Å². The molecule has 3 aromatic carbocycles. The number of ether oxygens (including phenoxy) is 3. The molecular weight excluding hydrogens is 356 g/mol. The van der Waals surface area contributed by atoms with Crippen LogP contribution in [0.1, 0.15) is 21.5 Å². The number of benzene rings is 3. The molecule has 1 aliphatic rings. The van der Waals surface area contributed by atoms with Crippen LogP contribution in [0.25, 0.3) is 6.08 Å². The Morgan fingerprint density at radius 2 is 1.82 bits per heavy atom. The first kappa shape index (κ1) is 17.7. The zero-order chi connectivity index (χ0) is 19.5. The van der Waals surface area contributed by atoms with Gasteiger partial charge in [0.2, 0.25) is 5.78 Å². The van der Waals surface area contributed by atoms with E-state index in [0.717, 1.165) is 11.1 Å². The molecule has 0 atom stereocenters. The van der Waals surface area contributed by atoms with Gasteiger partial charge >= 0.3 is 0 Å². The molecule has 140 valence electrons. The summed E-state index contributed by atoms with van der Waals surface area (Å²) in [6, 6.07) is 19.7. The standard InChI is InChI=1S/C23H18O5/c1-26-21-11-16(7-10-19(21)27-14-15-5-3-2-4-6-15)12-22-23(25)18-9-8-17(24)13-20(18)28-22/h2-13,24H,14H2,1H3. The summed E-state index contributed by atoms with van der Waals surface area (Å²) >= 11 is 0. The minimum absolute atomic E-state index is 0.0504. The van der Waals surface area contributed by atoms with Crippen molar-refractivity contribution >= 4 is 11.9 Å². The summed E-state index contributed by atoms with van der Waals surface area (Å²) in [7, 11) is 1.57. The molecule has 0 bridgehead atoms. The van der Waals surface area contributed by atoms with Crippen LogP contribution in [0.5, 0.6) is 23.0 Å². The predicted molar refractivity (Wildman–Crippen MR) is 105 cm³/mol. The Labute approximate surface area is 162 Å². The molecule has 0 spiro atoms. The maximum atomic E-state index is 12.5. The molecule has 1 aliphatic heterocycles. The van der Waals surface area contributed by atoms with E-state index < -0.39 is 0 Å². The highest BCUT2D eigenvalue weighted by Crippen LogP contribution is 2.35. The summed E-state index contributed by atoms with van der Waals surface area (Å²) in [5.74, 6) is 1.55. The third-order valence-electron chi connectivity index (χ3n) is 4.38. The van der Waals surface area contributed by atoms with Gasteiger partial charge in [-0.15, -0.1) is 0 Å². The van der Waals surface area contributed by atoms with Gasteiger partial charge in [0, 0.05) is 6.07 Å². The number of methoxy groups -OCH3 is 1. The maximum Gasteiger partial charge on any atom is 0.231 e. The highest BCUT2D eigenvalue weighted by molar-refractivity contribution is 6.14. The van der Waals surface area contributed by atoms with Crippen molar-refractivity contribution in [3.63, 3.8) is 0 Å². The SMILES string of the molecule is COc1cc(C=C2Oc3cc(O)ccc3C2=O)ccc1OCc1ccccc1. The lowest BCUT2D eigenvalue weighted by Gasteiger charge is -2.11. The molecule has 5 nitrogen and oxygen atoms in total. The summed E-state index contributed by atoms with van der Waals surface area (Å²) in [4.78, 5) is 12.5. The van der Waals surface area contributed by atoms with Gasteiger partial charge in [-0.1, -0.05) is 36.4 Å². The fourth-order valence-corrected chi connectivity index (χ4v) is 2.96. The van der Waals surface area contributed by atoms with E-state index in [1.807, 2.05) is 36.4 Å². The van der Waals surface area contributed by atoms with Crippen LogP contribution in [-0.4, -0.2) is 18.0 Å². The van der Waals surface area contributed by atoms with E-state index in [0.29, 0.717) is 29.4 Å². The van der Waals surface area contributed by atoms with E-state index in [-0.39, 0.29) is 17.3 Å². The first-order chi connectivity index (χ1) is 13.6. The number of fused-ring (bicyclic) bond motifs is 1. The zero-order valence-corrected chi connectivity index (χ0v) is 15.2. The normalized spacial score (nSPS) is 13.9. The van der Waals surface area contributed by atoms with Crippen molar-refractivity contribution in [2.75, 3.05) is 7.11 Å². The lowest BCUT2D eigenvalue weighted by molar-refractivity contribution is 0.101. The smallest absolute Gasteiger partial charge is 0.231 e. The first-order valence-corrected chi connectivity index (χ1v) is 8.76. The quantitative estimate of drug-likeness (QED) is 0.662. The number of carbonyl (C=O) groups excluding carboxylic acids is 1. The lowest BCUT2D eigenvalue weighted by atomic mass is 10.1. The van der Waals surface area contributed by atoms with Gasteiger partial charge in [0.1, 0.15) is 18.1 Å². The van der Waals surface area contributed by atoms with Crippen LogP contribution in [0.3, 0.4) is 0 Å². The second-order valence-corrected chi connectivity index (χ2v) is 6.30. The van der Waals surface area contributed by atoms with E-state index in [1.165, 1.54) is 12.1 Å². The van der Waals surface area contributed by atoms with Crippen molar-refractivity contribution in [1.82, 2.24) is 0 Å². The summed E-state index contributed by atoms with van der Waals surface area (Å²) in [6.07, 6.45) is 1.64. The molecule has 0 fully saturated rings. The fourth-order valence-electron chi connectivity index (χ4n) is 2.96. The van der Waals surface area contributed by atoms with Gasteiger partial charge in [0.15, 0.2) is 17.3 Å². The van der Waals surface area contributed by atoms with Gasteiger partial charge in [-0.2, -0.15) is 0 Å². The number of phenolic OH excluding ortho intramolecular Hbond substituents is 1. The number of Topliss-reactive ketones (excluding diaryl/α,β-unsaturated/α-hetero) is 1. The Hall–Kier alpha value is -3.73. The van der Waals surface area contributed by atoms with Crippen LogP contribution in [0, 0.1) is 0 Å². The van der Waals surface area contributed by atoms with Gasteiger partial charge in [-0.25, -0.2) is 0 Å². The summed E-state index contributed by atoms with van der Waals surface area (Å²) in [5, 5.41) is 9.55. The number of ketones is 1. The van der Waals surface area contributed by atoms with Crippen LogP contribution in [0.4, 0.5) is 0 Å². The third kappa shape index (κ3) is 3.55. The molecule has 3 aromatic rings. The molecule has 0 saturated heterocycles. The molecule has 0 aromatic heterocycles. The Balaban J connectivity index is 1.55. The third-order valence-corrected chi connectivity index (χ3v) is 4.38. The van der Waals surface area contributed by atoms with Crippen molar-refractivity contribution in [1.29, 1.82) is 0 Å². The highest BCUT2D eigenvalue weighted by atomic mass is 16.5. The van der Waals surface area contributed by atoms with Crippen molar-refractivity contribution in [3.05, 3.63) is 89.2 Å². The molecule has 4 rings (SSSR count). The van der Waals surface area contributed by atoms with Gasteiger partial charge in [0.25, 0.3) is 0 Å². The molecule has 0 radical (unpaired) electrons. The van der Waals surface area contributed by atoms with E-state index >= 15 is 0 Å².